The number of carbonyl (C=O) groups excluding carboxylic acids is 1. The van der Waals surface area contributed by atoms with Crippen LogP contribution in [0.3, 0.4) is 0 Å². The average molecular weight is 342 g/mol. The summed E-state index contributed by atoms with van der Waals surface area (Å²) < 4.78 is 24.1. The molecular formula is C16H14N4O3S. The average Bonchev–Trinajstić information content (AvgIpc) is 3.04. The molecule has 4 N–H and O–H groups in total. The topological polar surface area (TPSA) is 121 Å². The van der Waals surface area contributed by atoms with E-state index in [1.165, 1.54) is 12.1 Å². The fourth-order valence-electron chi connectivity index (χ4n) is 2.34. The highest BCUT2D eigenvalue weighted by atomic mass is 32.2. The SMILES string of the molecule is NC(=O)c1ccccc1-c1cnn(-c2ccc(S(N)(=O)=O)cc2)c1. The standard InChI is InChI=1S/C16H14N4O3S/c17-16(21)15-4-2-1-3-14(15)11-9-19-20(10-11)12-5-7-13(8-6-12)24(18,22)23/h1-10H,(H2,17,21)(H2,18,22,23). The minimum Gasteiger partial charge on any atom is -0.366 e. The van der Waals surface area contributed by atoms with Crippen LogP contribution in [0.15, 0.2) is 65.8 Å². The summed E-state index contributed by atoms with van der Waals surface area (Å²) in [6.07, 6.45) is 3.34. The number of sulfonamides is 1. The number of amides is 1. The summed E-state index contributed by atoms with van der Waals surface area (Å²) in [5.74, 6) is -0.518. The summed E-state index contributed by atoms with van der Waals surface area (Å²) in [4.78, 5) is 11.6. The number of nitrogens with zero attached hydrogens (tertiary/aromatic N) is 2. The molecule has 0 atom stereocenters. The second-order valence-corrected chi connectivity index (χ2v) is 6.68. The van der Waals surface area contributed by atoms with Gasteiger partial charge in [-0.2, -0.15) is 5.10 Å². The number of benzene rings is 2. The van der Waals surface area contributed by atoms with Crippen molar-refractivity contribution >= 4 is 15.9 Å². The molecule has 0 saturated heterocycles. The zero-order valence-electron chi connectivity index (χ0n) is 12.5. The van der Waals surface area contributed by atoms with Gasteiger partial charge in [0, 0.05) is 17.3 Å². The predicted molar refractivity (Wildman–Crippen MR) is 88.9 cm³/mol. The smallest absolute Gasteiger partial charge is 0.249 e. The van der Waals surface area contributed by atoms with Gasteiger partial charge < -0.3 is 5.73 Å². The van der Waals surface area contributed by atoms with Crippen LogP contribution in [-0.2, 0) is 10.0 Å². The summed E-state index contributed by atoms with van der Waals surface area (Å²) in [5.41, 5.74) is 7.85. The van der Waals surface area contributed by atoms with Crippen molar-refractivity contribution in [2.45, 2.75) is 4.90 Å². The van der Waals surface area contributed by atoms with Crippen LogP contribution in [0.25, 0.3) is 16.8 Å². The van der Waals surface area contributed by atoms with Crippen molar-refractivity contribution in [3.05, 3.63) is 66.5 Å². The molecule has 1 aromatic heterocycles. The molecule has 0 fully saturated rings. The molecule has 0 radical (unpaired) electrons. The Morgan fingerprint density at radius 2 is 1.71 bits per heavy atom. The van der Waals surface area contributed by atoms with E-state index in [0.717, 1.165) is 5.56 Å². The first-order valence-corrected chi connectivity index (χ1v) is 8.48. The van der Waals surface area contributed by atoms with Crippen molar-refractivity contribution in [1.82, 2.24) is 9.78 Å². The lowest BCUT2D eigenvalue weighted by Gasteiger charge is -2.04. The van der Waals surface area contributed by atoms with Crippen molar-refractivity contribution in [3.8, 4) is 16.8 Å². The van der Waals surface area contributed by atoms with E-state index in [2.05, 4.69) is 5.10 Å². The first-order valence-electron chi connectivity index (χ1n) is 6.93. The first kappa shape index (κ1) is 15.9. The van der Waals surface area contributed by atoms with E-state index in [1.54, 1.807) is 53.5 Å². The normalized spacial score (nSPS) is 11.4. The monoisotopic (exact) mass is 342 g/mol. The highest BCUT2D eigenvalue weighted by molar-refractivity contribution is 7.89. The van der Waals surface area contributed by atoms with Crippen LogP contribution in [0.5, 0.6) is 0 Å². The highest BCUT2D eigenvalue weighted by Crippen LogP contribution is 2.24. The Bertz CT molecular complexity index is 1010. The number of carbonyl (C=O) groups is 1. The van der Waals surface area contributed by atoms with E-state index in [-0.39, 0.29) is 4.90 Å². The number of aromatic nitrogens is 2. The van der Waals surface area contributed by atoms with Gasteiger partial charge in [0.25, 0.3) is 0 Å². The molecule has 1 heterocycles. The molecule has 0 unspecified atom stereocenters. The fraction of sp³-hybridized carbons (Fsp3) is 0. The van der Waals surface area contributed by atoms with Crippen LogP contribution in [0.4, 0.5) is 0 Å². The molecule has 0 aliphatic carbocycles. The third-order valence-corrected chi connectivity index (χ3v) is 4.45. The molecule has 3 rings (SSSR count). The molecule has 24 heavy (non-hydrogen) atoms. The van der Waals surface area contributed by atoms with E-state index >= 15 is 0 Å². The van der Waals surface area contributed by atoms with E-state index in [9.17, 15) is 13.2 Å². The van der Waals surface area contributed by atoms with Gasteiger partial charge in [-0.15, -0.1) is 0 Å². The van der Waals surface area contributed by atoms with Gasteiger partial charge in [0.15, 0.2) is 0 Å². The van der Waals surface area contributed by atoms with Crippen LogP contribution < -0.4 is 10.9 Å². The van der Waals surface area contributed by atoms with E-state index in [1.807, 2.05) is 0 Å². The van der Waals surface area contributed by atoms with Gasteiger partial charge in [0.05, 0.1) is 16.8 Å². The summed E-state index contributed by atoms with van der Waals surface area (Å²) in [6.45, 7) is 0. The molecule has 0 saturated carbocycles. The van der Waals surface area contributed by atoms with Gasteiger partial charge in [0.1, 0.15) is 0 Å². The summed E-state index contributed by atoms with van der Waals surface area (Å²) in [7, 11) is -3.74. The zero-order valence-corrected chi connectivity index (χ0v) is 13.3. The van der Waals surface area contributed by atoms with Crippen LogP contribution >= 0.6 is 0 Å². The van der Waals surface area contributed by atoms with E-state index < -0.39 is 15.9 Å². The maximum absolute atomic E-state index is 11.5. The minimum absolute atomic E-state index is 0.0257. The summed E-state index contributed by atoms with van der Waals surface area (Å²) >= 11 is 0. The van der Waals surface area contributed by atoms with Crippen molar-refractivity contribution in [2.24, 2.45) is 10.9 Å². The molecule has 1 amide bonds. The minimum atomic E-state index is -3.74. The Hall–Kier alpha value is -2.97. The molecule has 0 spiro atoms. The number of hydrogen-bond acceptors (Lipinski definition) is 4. The third kappa shape index (κ3) is 3.05. The first-order chi connectivity index (χ1) is 11.4. The van der Waals surface area contributed by atoms with Gasteiger partial charge >= 0.3 is 0 Å². The van der Waals surface area contributed by atoms with Gasteiger partial charge in [-0.05, 0) is 35.9 Å². The van der Waals surface area contributed by atoms with Gasteiger partial charge in [-0.1, -0.05) is 18.2 Å². The molecule has 3 aromatic rings. The Labute approximate surface area is 138 Å². The number of nitrogens with two attached hydrogens (primary N) is 2. The van der Waals surface area contributed by atoms with Crippen LogP contribution in [0, 0.1) is 0 Å². The fourth-order valence-corrected chi connectivity index (χ4v) is 2.86. The van der Waals surface area contributed by atoms with Gasteiger partial charge in [0.2, 0.25) is 15.9 Å². The van der Waals surface area contributed by atoms with Crippen molar-refractivity contribution in [1.29, 1.82) is 0 Å². The summed E-state index contributed by atoms with van der Waals surface area (Å²) in [6, 6.07) is 13.0. The van der Waals surface area contributed by atoms with Crippen molar-refractivity contribution < 1.29 is 13.2 Å². The van der Waals surface area contributed by atoms with Gasteiger partial charge in [-0.3, -0.25) is 4.79 Å². The molecule has 7 nitrogen and oxygen atoms in total. The number of primary sulfonamides is 1. The summed E-state index contributed by atoms with van der Waals surface area (Å²) in [5, 5.41) is 9.32. The lowest BCUT2D eigenvalue weighted by molar-refractivity contribution is 0.100. The molecular weight excluding hydrogens is 328 g/mol. The molecule has 122 valence electrons. The van der Waals surface area contributed by atoms with Crippen molar-refractivity contribution in [3.63, 3.8) is 0 Å². The number of hydrogen-bond donors (Lipinski definition) is 2. The lowest BCUT2D eigenvalue weighted by atomic mass is 10.0. The van der Waals surface area contributed by atoms with Gasteiger partial charge in [-0.25, -0.2) is 18.2 Å². The van der Waals surface area contributed by atoms with Crippen molar-refractivity contribution in [2.75, 3.05) is 0 Å². The lowest BCUT2D eigenvalue weighted by Crippen LogP contribution is -2.12. The maximum Gasteiger partial charge on any atom is 0.249 e. The molecule has 8 heteroatoms. The van der Waals surface area contributed by atoms with Crippen LogP contribution in [-0.4, -0.2) is 24.1 Å². The Balaban J connectivity index is 1.99. The second kappa shape index (κ2) is 5.91. The predicted octanol–water partition coefficient (Wildman–Crippen LogP) is 1.29. The largest absolute Gasteiger partial charge is 0.366 e. The Kier molecular flexibility index (Phi) is 3.92. The quantitative estimate of drug-likeness (QED) is 0.742. The Morgan fingerprint density at radius 3 is 2.33 bits per heavy atom. The van der Waals surface area contributed by atoms with Crippen LogP contribution in [0.2, 0.25) is 0 Å². The molecule has 0 aliphatic heterocycles. The molecule has 0 bridgehead atoms. The van der Waals surface area contributed by atoms with E-state index in [4.69, 9.17) is 10.9 Å². The third-order valence-electron chi connectivity index (χ3n) is 3.52. The van der Waals surface area contributed by atoms with E-state index in [0.29, 0.717) is 16.8 Å². The second-order valence-electron chi connectivity index (χ2n) is 5.12. The Morgan fingerprint density at radius 1 is 1.04 bits per heavy atom. The zero-order chi connectivity index (χ0) is 17.3. The van der Waals surface area contributed by atoms with Crippen LogP contribution in [0.1, 0.15) is 10.4 Å². The highest BCUT2D eigenvalue weighted by Gasteiger charge is 2.12. The maximum atomic E-state index is 11.5. The molecule has 2 aromatic carbocycles. The number of primary amides is 1. The number of rotatable bonds is 4. The molecule has 0 aliphatic rings.